The molecule has 126 valence electrons. The van der Waals surface area contributed by atoms with Gasteiger partial charge >= 0.3 is 0 Å². The summed E-state index contributed by atoms with van der Waals surface area (Å²) in [4.78, 5) is 14.8. The molecule has 2 rings (SSSR count). The van der Waals surface area contributed by atoms with Crippen LogP contribution in [0.1, 0.15) is 39.2 Å². The highest BCUT2D eigenvalue weighted by Crippen LogP contribution is 2.22. The molecule has 1 fully saturated rings. The lowest BCUT2D eigenvalue weighted by Crippen LogP contribution is -2.46. The number of ether oxygens (including phenoxy) is 2. The number of carbonyl (C=O) groups is 1. The van der Waals surface area contributed by atoms with Gasteiger partial charge in [-0.1, -0.05) is 12.1 Å². The molecule has 1 saturated heterocycles. The molecular formula is C19H27NO3. The summed E-state index contributed by atoms with van der Waals surface area (Å²) >= 11 is 0. The Morgan fingerprint density at radius 2 is 2.04 bits per heavy atom. The van der Waals surface area contributed by atoms with Gasteiger partial charge in [0.1, 0.15) is 5.75 Å². The van der Waals surface area contributed by atoms with E-state index in [-0.39, 0.29) is 18.0 Å². The number of hydrogen-bond acceptors (Lipinski definition) is 3. The van der Waals surface area contributed by atoms with Crippen LogP contribution in [0.25, 0.3) is 5.57 Å². The molecule has 0 saturated carbocycles. The Balaban J connectivity index is 2.18. The van der Waals surface area contributed by atoms with E-state index >= 15 is 0 Å². The van der Waals surface area contributed by atoms with E-state index in [1.54, 1.807) is 13.2 Å². The van der Waals surface area contributed by atoms with Gasteiger partial charge in [-0.25, -0.2) is 0 Å². The summed E-state index contributed by atoms with van der Waals surface area (Å²) in [5.74, 6) is 0.875. The Morgan fingerprint density at radius 3 is 2.65 bits per heavy atom. The Hall–Kier alpha value is -1.81. The van der Waals surface area contributed by atoms with Gasteiger partial charge in [0, 0.05) is 31.4 Å². The Bertz CT molecular complexity index is 559. The first kappa shape index (κ1) is 17.5. The fraction of sp³-hybridized carbons (Fsp3) is 0.526. The summed E-state index contributed by atoms with van der Waals surface area (Å²) in [7, 11) is 1.65. The maximum atomic E-state index is 12.8. The Morgan fingerprint density at radius 1 is 1.35 bits per heavy atom. The fourth-order valence-corrected chi connectivity index (χ4v) is 3.03. The number of benzene rings is 1. The van der Waals surface area contributed by atoms with Crippen molar-refractivity contribution in [2.24, 2.45) is 0 Å². The molecule has 1 aliphatic heterocycles. The zero-order chi connectivity index (χ0) is 16.8. The number of amides is 1. The van der Waals surface area contributed by atoms with Crippen LogP contribution >= 0.6 is 0 Å². The molecule has 1 aliphatic rings. The van der Waals surface area contributed by atoms with E-state index in [9.17, 15) is 4.79 Å². The molecule has 4 heteroatoms. The van der Waals surface area contributed by atoms with Crippen molar-refractivity contribution in [2.45, 2.75) is 45.7 Å². The molecule has 0 aliphatic carbocycles. The van der Waals surface area contributed by atoms with Crippen molar-refractivity contribution in [1.29, 1.82) is 0 Å². The highest BCUT2D eigenvalue weighted by atomic mass is 16.5. The second-order valence-corrected chi connectivity index (χ2v) is 6.24. The molecule has 0 spiro atoms. The first-order chi connectivity index (χ1) is 11.0. The molecule has 1 aromatic carbocycles. The van der Waals surface area contributed by atoms with Crippen molar-refractivity contribution in [3.8, 4) is 5.75 Å². The minimum absolute atomic E-state index is 0.0761. The highest BCUT2D eigenvalue weighted by Gasteiger charge is 2.26. The number of hydrogen-bond donors (Lipinski definition) is 0. The molecule has 0 radical (unpaired) electrons. The third-order valence-electron chi connectivity index (χ3n) is 4.26. The third-order valence-corrected chi connectivity index (χ3v) is 4.26. The first-order valence-electron chi connectivity index (χ1n) is 8.25. The van der Waals surface area contributed by atoms with Crippen LogP contribution in [-0.2, 0) is 9.53 Å². The van der Waals surface area contributed by atoms with E-state index in [1.807, 2.05) is 36.1 Å². The largest absolute Gasteiger partial charge is 0.497 e. The molecular weight excluding hydrogens is 290 g/mol. The van der Waals surface area contributed by atoms with Gasteiger partial charge in [-0.2, -0.15) is 0 Å². The minimum atomic E-state index is 0.0761. The van der Waals surface area contributed by atoms with E-state index in [2.05, 4.69) is 13.8 Å². The van der Waals surface area contributed by atoms with Crippen LogP contribution in [0, 0.1) is 0 Å². The molecule has 0 unspecified atom stereocenters. The first-order valence-corrected chi connectivity index (χ1v) is 8.25. The van der Waals surface area contributed by atoms with Gasteiger partial charge in [0.15, 0.2) is 0 Å². The predicted octanol–water partition coefficient (Wildman–Crippen LogP) is 3.51. The molecule has 1 amide bonds. The van der Waals surface area contributed by atoms with Gasteiger partial charge in [-0.15, -0.1) is 0 Å². The average molecular weight is 317 g/mol. The number of nitrogens with zero attached hydrogens (tertiary/aromatic N) is 1. The van der Waals surface area contributed by atoms with Crippen LogP contribution in [0.4, 0.5) is 0 Å². The summed E-state index contributed by atoms with van der Waals surface area (Å²) in [6.07, 6.45) is 3.57. The van der Waals surface area contributed by atoms with Crippen LogP contribution < -0.4 is 4.74 Å². The predicted molar refractivity (Wildman–Crippen MR) is 92.5 cm³/mol. The van der Waals surface area contributed by atoms with Crippen LogP contribution in [0.5, 0.6) is 5.75 Å². The van der Waals surface area contributed by atoms with Gasteiger partial charge in [0.05, 0.1) is 7.11 Å². The van der Waals surface area contributed by atoms with Crippen molar-refractivity contribution < 1.29 is 14.3 Å². The van der Waals surface area contributed by atoms with Crippen LogP contribution in [-0.4, -0.2) is 43.2 Å². The van der Waals surface area contributed by atoms with E-state index in [4.69, 9.17) is 9.47 Å². The zero-order valence-corrected chi connectivity index (χ0v) is 14.5. The summed E-state index contributed by atoms with van der Waals surface area (Å²) in [5, 5.41) is 0. The summed E-state index contributed by atoms with van der Waals surface area (Å²) in [6.45, 7) is 7.58. The molecule has 0 bridgehead atoms. The smallest absolute Gasteiger partial charge is 0.247 e. The van der Waals surface area contributed by atoms with Crippen molar-refractivity contribution in [1.82, 2.24) is 4.90 Å². The standard InChI is InChI=1S/C19H27NO3/c1-14(2)20(17-8-10-23-11-9-17)19(21)12-15(3)16-6-5-7-18(13-16)22-4/h5-7,12-14,17H,8-11H2,1-4H3. The van der Waals surface area contributed by atoms with E-state index in [0.717, 1.165) is 42.9 Å². The SMILES string of the molecule is COc1cccc(C(C)=CC(=O)N(C(C)C)C2CCOCC2)c1. The second-order valence-electron chi connectivity index (χ2n) is 6.24. The maximum Gasteiger partial charge on any atom is 0.247 e. The fourth-order valence-electron chi connectivity index (χ4n) is 3.03. The maximum absolute atomic E-state index is 12.8. The van der Waals surface area contributed by atoms with Crippen LogP contribution in [0.2, 0.25) is 0 Å². The average Bonchev–Trinajstić information content (AvgIpc) is 2.55. The lowest BCUT2D eigenvalue weighted by atomic mass is 10.0. The molecule has 0 aromatic heterocycles. The van der Waals surface area contributed by atoms with E-state index in [0.29, 0.717) is 0 Å². The Labute approximate surface area is 139 Å². The van der Waals surface area contributed by atoms with Crippen molar-refractivity contribution >= 4 is 11.5 Å². The van der Waals surface area contributed by atoms with Gasteiger partial charge in [0.25, 0.3) is 0 Å². The highest BCUT2D eigenvalue weighted by molar-refractivity contribution is 5.95. The number of rotatable bonds is 5. The number of methoxy groups -OCH3 is 1. The molecule has 0 atom stereocenters. The molecule has 0 N–H and O–H groups in total. The van der Waals surface area contributed by atoms with Gasteiger partial charge < -0.3 is 14.4 Å². The minimum Gasteiger partial charge on any atom is -0.497 e. The lowest BCUT2D eigenvalue weighted by Gasteiger charge is -2.36. The topological polar surface area (TPSA) is 38.8 Å². The Kier molecular flexibility index (Phi) is 6.22. The molecule has 4 nitrogen and oxygen atoms in total. The van der Waals surface area contributed by atoms with Crippen LogP contribution in [0.3, 0.4) is 0 Å². The lowest BCUT2D eigenvalue weighted by molar-refractivity contribution is -0.132. The summed E-state index contributed by atoms with van der Waals surface area (Å²) < 4.78 is 10.7. The summed E-state index contributed by atoms with van der Waals surface area (Å²) in [6, 6.07) is 8.24. The second kappa shape index (κ2) is 8.16. The van der Waals surface area contributed by atoms with Gasteiger partial charge in [0.2, 0.25) is 5.91 Å². The van der Waals surface area contributed by atoms with Gasteiger partial charge in [-0.3, -0.25) is 4.79 Å². The van der Waals surface area contributed by atoms with Crippen molar-refractivity contribution in [3.05, 3.63) is 35.9 Å². The van der Waals surface area contributed by atoms with Crippen molar-refractivity contribution in [2.75, 3.05) is 20.3 Å². The molecule has 1 heterocycles. The third kappa shape index (κ3) is 4.58. The monoisotopic (exact) mass is 317 g/mol. The van der Waals surface area contributed by atoms with E-state index < -0.39 is 0 Å². The van der Waals surface area contributed by atoms with Crippen molar-refractivity contribution in [3.63, 3.8) is 0 Å². The van der Waals surface area contributed by atoms with Gasteiger partial charge in [-0.05, 0) is 56.9 Å². The molecule has 23 heavy (non-hydrogen) atoms. The normalized spacial score (nSPS) is 16.5. The van der Waals surface area contributed by atoms with E-state index in [1.165, 1.54) is 0 Å². The zero-order valence-electron chi connectivity index (χ0n) is 14.5. The quantitative estimate of drug-likeness (QED) is 0.780. The van der Waals surface area contributed by atoms with Crippen LogP contribution in [0.15, 0.2) is 30.3 Å². The number of carbonyl (C=O) groups excluding carboxylic acids is 1. The number of allylic oxidation sites excluding steroid dienone is 1. The summed E-state index contributed by atoms with van der Waals surface area (Å²) in [5.41, 5.74) is 1.96. The molecule has 1 aromatic rings.